The second-order valence-corrected chi connectivity index (χ2v) is 7.11. The van der Waals surface area contributed by atoms with E-state index >= 15 is 0 Å². The van der Waals surface area contributed by atoms with Crippen molar-refractivity contribution in [3.8, 4) is 0 Å². The maximum absolute atomic E-state index is 11.4. The largest absolute Gasteiger partial charge is 0.375 e. The molecule has 0 bridgehead atoms. The number of ether oxygens (including phenoxy) is 1. The fourth-order valence-electron chi connectivity index (χ4n) is 1.40. The van der Waals surface area contributed by atoms with Gasteiger partial charge >= 0.3 is 0 Å². The van der Waals surface area contributed by atoms with Gasteiger partial charge in [0.05, 0.1) is 5.60 Å². The van der Waals surface area contributed by atoms with Gasteiger partial charge in [0.2, 0.25) is 5.91 Å². The lowest BCUT2D eigenvalue weighted by Gasteiger charge is -2.28. The van der Waals surface area contributed by atoms with E-state index in [1.165, 1.54) is 0 Å². The predicted molar refractivity (Wildman–Crippen MR) is 76.6 cm³/mol. The van der Waals surface area contributed by atoms with Crippen LogP contribution < -0.4 is 5.32 Å². The second-order valence-electron chi connectivity index (χ2n) is 7.11. The van der Waals surface area contributed by atoms with Gasteiger partial charge in [-0.25, -0.2) is 0 Å². The van der Waals surface area contributed by atoms with Crippen molar-refractivity contribution in [2.75, 3.05) is 13.2 Å². The van der Waals surface area contributed by atoms with Gasteiger partial charge in [0.15, 0.2) is 0 Å². The summed E-state index contributed by atoms with van der Waals surface area (Å²) in [6.07, 6.45) is 1.89. The topological polar surface area (TPSA) is 38.3 Å². The first-order chi connectivity index (χ1) is 8.03. The van der Waals surface area contributed by atoms with E-state index in [0.717, 1.165) is 19.4 Å². The number of carbonyl (C=O) groups is 1. The molecule has 0 fully saturated rings. The van der Waals surface area contributed by atoms with Crippen LogP contribution in [0.15, 0.2) is 0 Å². The third-order valence-electron chi connectivity index (χ3n) is 2.90. The summed E-state index contributed by atoms with van der Waals surface area (Å²) in [5, 5.41) is 2.93. The summed E-state index contributed by atoms with van der Waals surface area (Å²) in [7, 11) is 0. The Kier molecular flexibility index (Phi) is 6.90. The summed E-state index contributed by atoms with van der Waals surface area (Å²) < 4.78 is 5.90. The Morgan fingerprint density at radius 3 is 2.11 bits per heavy atom. The lowest BCUT2D eigenvalue weighted by atomic mass is 9.93. The van der Waals surface area contributed by atoms with Gasteiger partial charge < -0.3 is 10.1 Å². The van der Waals surface area contributed by atoms with Crippen molar-refractivity contribution in [1.29, 1.82) is 0 Å². The Balaban J connectivity index is 3.83. The van der Waals surface area contributed by atoms with Crippen molar-refractivity contribution in [1.82, 2.24) is 5.32 Å². The molecular formula is C15H31NO2. The molecule has 0 unspecified atom stereocenters. The Labute approximate surface area is 113 Å². The monoisotopic (exact) mass is 257 g/mol. The van der Waals surface area contributed by atoms with Crippen LogP contribution in [-0.2, 0) is 9.53 Å². The number of rotatable bonds is 7. The van der Waals surface area contributed by atoms with E-state index in [9.17, 15) is 4.79 Å². The molecule has 0 radical (unpaired) electrons. The molecule has 108 valence electrons. The van der Waals surface area contributed by atoms with Crippen molar-refractivity contribution in [3.63, 3.8) is 0 Å². The number of carbonyl (C=O) groups excluding carboxylic acids is 1. The van der Waals surface area contributed by atoms with Crippen molar-refractivity contribution in [2.24, 2.45) is 11.3 Å². The standard InChI is InChI=1S/C15H31NO2/c1-12(2)13(17)16-10-8-15(6,7)18-11-9-14(3,4)5/h12H,8-11H2,1-7H3,(H,16,17). The molecule has 0 aliphatic rings. The van der Waals surface area contributed by atoms with Gasteiger partial charge in [0, 0.05) is 19.1 Å². The molecule has 3 heteroatoms. The molecule has 0 saturated heterocycles. The van der Waals surface area contributed by atoms with Crippen molar-refractivity contribution < 1.29 is 9.53 Å². The van der Waals surface area contributed by atoms with E-state index in [1.54, 1.807) is 0 Å². The molecule has 0 atom stereocenters. The molecular weight excluding hydrogens is 226 g/mol. The molecule has 1 N–H and O–H groups in total. The van der Waals surface area contributed by atoms with Crippen molar-refractivity contribution in [3.05, 3.63) is 0 Å². The second kappa shape index (κ2) is 7.13. The first kappa shape index (κ1) is 17.4. The summed E-state index contributed by atoms with van der Waals surface area (Å²) in [4.78, 5) is 11.4. The lowest BCUT2D eigenvalue weighted by molar-refractivity contribution is -0.124. The molecule has 0 heterocycles. The molecule has 1 amide bonds. The van der Waals surface area contributed by atoms with Crippen LogP contribution in [0.3, 0.4) is 0 Å². The normalized spacial score (nSPS) is 12.9. The van der Waals surface area contributed by atoms with Gasteiger partial charge in [0.1, 0.15) is 0 Å². The minimum Gasteiger partial charge on any atom is -0.375 e. The van der Waals surface area contributed by atoms with Gasteiger partial charge in [-0.2, -0.15) is 0 Å². The molecule has 0 aromatic rings. The maximum atomic E-state index is 11.4. The Hall–Kier alpha value is -0.570. The van der Waals surface area contributed by atoms with Gasteiger partial charge in [0.25, 0.3) is 0 Å². The van der Waals surface area contributed by atoms with E-state index in [2.05, 4.69) is 39.9 Å². The fraction of sp³-hybridized carbons (Fsp3) is 0.933. The zero-order valence-electron chi connectivity index (χ0n) is 13.2. The average molecular weight is 257 g/mol. The molecule has 0 aliphatic carbocycles. The van der Waals surface area contributed by atoms with Crippen LogP contribution in [0.4, 0.5) is 0 Å². The third kappa shape index (κ3) is 9.46. The Morgan fingerprint density at radius 2 is 1.67 bits per heavy atom. The summed E-state index contributed by atoms with van der Waals surface area (Å²) in [6, 6.07) is 0. The lowest BCUT2D eigenvalue weighted by Crippen LogP contribution is -2.35. The first-order valence-electron chi connectivity index (χ1n) is 6.95. The zero-order valence-corrected chi connectivity index (χ0v) is 13.2. The minimum absolute atomic E-state index is 0.0509. The predicted octanol–water partition coefficient (Wildman–Crippen LogP) is 3.38. The highest BCUT2D eigenvalue weighted by Gasteiger charge is 2.20. The molecule has 0 rings (SSSR count). The summed E-state index contributed by atoms with van der Waals surface area (Å²) in [6.45, 7) is 16.1. The maximum Gasteiger partial charge on any atom is 0.222 e. The van der Waals surface area contributed by atoms with Crippen LogP contribution >= 0.6 is 0 Å². The van der Waals surface area contributed by atoms with Crippen LogP contribution in [0.5, 0.6) is 0 Å². The van der Waals surface area contributed by atoms with E-state index in [0.29, 0.717) is 12.0 Å². The quantitative estimate of drug-likeness (QED) is 0.759. The highest BCUT2D eigenvalue weighted by Crippen LogP contribution is 2.21. The van der Waals surface area contributed by atoms with E-state index in [-0.39, 0.29) is 17.4 Å². The molecule has 0 spiro atoms. The first-order valence-corrected chi connectivity index (χ1v) is 6.95. The van der Waals surface area contributed by atoms with Crippen LogP contribution in [0.1, 0.15) is 61.3 Å². The zero-order chi connectivity index (χ0) is 14.4. The summed E-state index contributed by atoms with van der Waals surface area (Å²) in [5.41, 5.74) is 0.136. The molecule has 0 aliphatic heterocycles. The Morgan fingerprint density at radius 1 is 1.11 bits per heavy atom. The van der Waals surface area contributed by atoms with Crippen LogP contribution in [-0.4, -0.2) is 24.7 Å². The summed E-state index contributed by atoms with van der Waals surface area (Å²) in [5.74, 6) is 0.162. The van der Waals surface area contributed by atoms with Gasteiger partial charge in [-0.15, -0.1) is 0 Å². The van der Waals surface area contributed by atoms with E-state index in [1.807, 2.05) is 13.8 Å². The average Bonchev–Trinajstić information content (AvgIpc) is 2.14. The molecule has 18 heavy (non-hydrogen) atoms. The molecule has 3 nitrogen and oxygen atoms in total. The third-order valence-corrected chi connectivity index (χ3v) is 2.90. The summed E-state index contributed by atoms with van der Waals surface area (Å²) >= 11 is 0. The molecule has 0 aromatic heterocycles. The molecule has 0 saturated carbocycles. The highest BCUT2D eigenvalue weighted by molar-refractivity contribution is 5.77. The van der Waals surface area contributed by atoms with Gasteiger partial charge in [-0.3, -0.25) is 4.79 Å². The van der Waals surface area contributed by atoms with Crippen molar-refractivity contribution >= 4 is 5.91 Å². The smallest absolute Gasteiger partial charge is 0.222 e. The SMILES string of the molecule is CC(C)C(=O)NCCC(C)(C)OCCC(C)(C)C. The van der Waals surface area contributed by atoms with Gasteiger partial charge in [-0.1, -0.05) is 34.6 Å². The van der Waals surface area contributed by atoms with Crippen LogP contribution in [0.25, 0.3) is 0 Å². The van der Waals surface area contributed by atoms with E-state index in [4.69, 9.17) is 4.74 Å². The number of amides is 1. The minimum atomic E-state index is -0.171. The Bertz CT molecular complexity index is 252. The van der Waals surface area contributed by atoms with E-state index < -0.39 is 0 Å². The van der Waals surface area contributed by atoms with Crippen molar-refractivity contribution in [2.45, 2.75) is 66.9 Å². The van der Waals surface area contributed by atoms with Crippen LogP contribution in [0, 0.1) is 11.3 Å². The molecule has 0 aromatic carbocycles. The van der Waals surface area contributed by atoms with Gasteiger partial charge in [-0.05, 0) is 32.1 Å². The number of hydrogen-bond acceptors (Lipinski definition) is 2. The number of hydrogen-bond donors (Lipinski definition) is 1. The van der Waals surface area contributed by atoms with Crippen LogP contribution in [0.2, 0.25) is 0 Å². The highest BCUT2D eigenvalue weighted by atomic mass is 16.5. The number of nitrogens with one attached hydrogen (secondary N) is 1. The fourth-order valence-corrected chi connectivity index (χ4v) is 1.40.